The Morgan fingerprint density at radius 3 is 2.72 bits per heavy atom. The zero-order valence-electron chi connectivity index (χ0n) is 10.7. The molecular formula is C14H20BrFN2. The maximum atomic E-state index is 13.3. The third kappa shape index (κ3) is 3.31. The van der Waals surface area contributed by atoms with Crippen molar-refractivity contribution in [1.82, 2.24) is 4.90 Å². The third-order valence-electron chi connectivity index (χ3n) is 3.59. The highest BCUT2D eigenvalue weighted by atomic mass is 79.9. The van der Waals surface area contributed by atoms with E-state index in [0.29, 0.717) is 11.0 Å². The van der Waals surface area contributed by atoms with Gasteiger partial charge in [-0.05, 0) is 58.9 Å². The van der Waals surface area contributed by atoms with Crippen LogP contribution in [0.3, 0.4) is 0 Å². The first-order chi connectivity index (χ1) is 8.65. The van der Waals surface area contributed by atoms with Gasteiger partial charge < -0.3 is 5.73 Å². The minimum atomic E-state index is -0.222. The van der Waals surface area contributed by atoms with E-state index in [1.54, 1.807) is 0 Å². The van der Waals surface area contributed by atoms with Crippen molar-refractivity contribution in [3.8, 4) is 0 Å². The smallest absolute Gasteiger partial charge is 0.137 e. The van der Waals surface area contributed by atoms with E-state index in [1.165, 1.54) is 18.9 Å². The monoisotopic (exact) mass is 314 g/mol. The van der Waals surface area contributed by atoms with E-state index >= 15 is 0 Å². The van der Waals surface area contributed by atoms with Gasteiger partial charge in [-0.1, -0.05) is 13.0 Å². The average molecular weight is 315 g/mol. The van der Waals surface area contributed by atoms with Gasteiger partial charge in [-0.3, -0.25) is 4.90 Å². The quantitative estimate of drug-likeness (QED) is 0.872. The molecule has 1 aliphatic carbocycles. The van der Waals surface area contributed by atoms with Crippen LogP contribution in [0, 0.1) is 11.7 Å². The Labute approximate surface area is 116 Å². The van der Waals surface area contributed by atoms with Crippen LogP contribution in [0.4, 0.5) is 4.39 Å². The Bertz CT molecular complexity index is 407. The van der Waals surface area contributed by atoms with Crippen LogP contribution in [0.1, 0.15) is 31.4 Å². The molecule has 0 saturated heterocycles. The molecule has 1 aliphatic rings. The minimum absolute atomic E-state index is 0.187. The number of hydrogen-bond donors (Lipinski definition) is 1. The topological polar surface area (TPSA) is 29.3 Å². The maximum Gasteiger partial charge on any atom is 0.137 e. The van der Waals surface area contributed by atoms with Crippen molar-refractivity contribution < 1.29 is 4.39 Å². The fraction of sp³-hybridized carbons (Fsp3) is 0.571. The predicted octanol–water partition coefficient (Wildman–Crippen LogP) is 3.32. The van der Waals surface area contributed by atoms with Crippen LogP contribution in [0.5, 0.6) is 0 Å². The number of nitrogens with two attached hydrogens (primary N) is 1. The number of nitrogens with zero attached hydrogens (tertiary/aromatic N) is 1. The minimum Gasteiger partial charge on any atom is -0.329 e. The standard InChI is InChI=1S/C14H20BrFN2/c1-2-18(9-10-3-4-10)14(8-17)11-5-6-13(16)12(15)7-11/h5-7,10,14H,2-4,8-9,17H2,1H3. The third-order valence-corrected chi connectivity index (χ3v) is 4.20. The zero-order valence-corrected chi connectivity index (χ0v) is 12.3. The van der Waals surface area contributed by atoms with Crippen molar-refractivity contribution in [2.45, 2.75) is 25.8 Å². The Balaban J connectivity index is 2.16. The summed E-state index contributed by atoms with van der Waals surface area (Å²) in [5.74, 6) is 0.614. The second-order valence-corrected chi connectivity index (χ2v) is 5.81. The lowest BCUT2D eigenvalue weighted by Gasteiger charge is -2.30. The summed E-state index contributed by atoms with van der Waals surface area (Å²) in [5.41, 5.74) is 7.01. The lowest BCUT2D eigenvalue weighted by atomic mass is 10.0. The first-order valence-corrected chi connectivity index (χ1v) is 7.34. The van der Waals surface area contributed by atoms with Crippen LogP contribution in [-0.2, 0) is 0 Å². The molecule has 100 valence electrons. The van der Waals surface area contributed by atoms with Crippen molar-refractivity contribution >= 4 is 15.9 Å². The van der Waals surface area contributed by atoms with Crippen LogP contribution in [0.15, 0.2) is 22.7 Å². The van der Waals surface area contributed by atoms with E-state index in [0.717, 1.165) is 24.6 Å². The van der Waals surface area contributed by atoms with Gasteiger partial charge >= 0.3 is 0 Å². The average Bonchev–Trinajstić information content (AvgIpc) is 3.17. The molecule has 0 bridgehead atoms. The molecule has 0 spiro atoms. The molecule has 1 aromatic carbocycles. The largest absolute Gasteiger partial charge is 0.329 e. The molecule has 0 radical (unpaired) electrons. The van der Waals surface area contributed by atoms with Crippen LogP contribution in [-0.4, -0.2) is 24.5 Å². The zero-order chi connectivity index (χ0) is 13.1. The first kappa shape index (κ1) is 14.0. The predicted molar refractivity (Wildman–Crippen MR) is 75.9 cm³/mol. The SMILES string of the molecule is CCN(CC1CC1)C(CN)c1ccc(F)c(Br)c1. The molecule has 4 heteroatoms. The lowest BCUT2D eigenvalue weighted by Crippen LogP contribution is -2.35. The van der Waals surface area contributed by atoms with Gasteiger partial charge in [0.25, 0.3) is 0 Å². The number of benzene rings is 1. The second-order valence-electron chi connectivity index (χ2n) is 4.96. The van der Waals surface area contributed by atoms with Crippen molar-refractivity contribution in [3.63, 3.8) is 0 Å². The Morgan fingerprint density at radius 2 is 2.22 bits per heavy atom. The van der Waals surface area contributed by atoms with E-state index < -0.39 is 0 Å². The van der Waals surface area contributed by atoms with Crippen LogP contribution in [0.2, 0.25) is 0 Å². The molecule has 0 aliphatic heterocycles. The van der Waals surface area contributed by atoms with Crippen molar-refractivity contribution in [2.24, 2.45) is 11.7 Å². The normalized spacial score (nSPS) is 17.2. The summed E-state index contributed by atoms with van der Waals surface area (Å²) in [6, 6.07) is 5.38. The van der Waals surface area contributed by atoms with Gasteiger partial charge in [0.15, 0.2) is 0 Å². The highest BCUT2D eigenvalue weighted by Crippen LogP contribution is 2.33. The molecule has 0 amide bonds. The van der Waals surface area contributed by atoms with Gasteiger partial charge in [-0.25, -0.2) is 4.39 Å². The summed E-state index contributed by atoms with van der Waals surface area (Å²) >= 11 is 3.24. The van der Waals surface area contributed by atoms with Crippen molar-refractivity contribution in [1.29, 1.82) is 0 Å². The Kier molecular flexibility index (Phi) is 4.76. The molecule has 1 fully saturated rings. The summed E-state index contributed by atoms with van der Waals surface area (Å²) in [7, 11) is 0. The molecule has 2 rings (SSSR count). The second kappa shape index (κ2) is 6.13. The molecular weight excluding hydrogens is 295 g/mol. The van der Waals surface area contributed by atoms with E-state index in [4.69, 9.17) is 5.73 Å². The molecule has 1 aromatic rings. The van der Waals surface area contributed by atoms with Gasteiger partial charge in [0.05, 0.1) is 4.47 Å². The summed E-state index contributed by atoms with van der Waals surface area (Å²) in [4.78, 5) is 2.40. The fourth-order valence-corrected chi connectivity index (χ4v) is 2.72. The molecule has 0 aromatic heterocycles. The molecule has 1 atom stereocenters. The van der Waals surface area contributed by atoms with Gasteiger partial charge in [0.1, 0.15) is 5.82 Å². The summed E-state index contributed by atoms with van der Waals surface area (Å²) in [5, 5.41) is 0. The molecule has 1 saturated carbocycles. The summed E-state index contributed by atoms with van der Waals surface area (Å²) in [6.45, 7) is 4.81. The fourth-order valence-electron chi connectivity index (χ4n) is 2.32. The lowest BCUT2D eigenvalue weighted by molar-refractivity contribution is 0.203. The van der Waals surface area contributed by atoms with Crippen LogP contribution < -0.4 is 5.73 Å². The van der Waals surface area contributed by atoms with Gasteiger partial charge in [-0.15, -0.1) is 0 Å². The van der Waals surface area contributed by atoms with E-state index in [2.05, 4.69) is 27.8 Å². The maximum absolute atomic E-state index is 13.3. The summed E-state index contributed by atoms with van der Waals surface area (Å²) < 4.78 is 13.8. The van der Waals surface area contributed by atoms with E-state index in [1.807, 2.05) is 12.1 Å². The number of rotatable bonds is 6. The number of hydrogen-bond acceptors (Lipinski definition) is 2. The van der Waals surface area contributed by atoms with Crippen LogP contribution >= 0.6 is 15.9 Å². The number of likely N-dealkylation sites (N-methyl/N-ethyl adjacent to an activating group) is 1. The first-order valence-electron chi connectivity index (χ1n) is 6.54. The van der Waals surface area contributed by atoms with Gasteiger partial charge in [0, 0.05) is 19.1 Å². The molecule has 1 unspecified atom stereocenters. The Morgan fingerprint density at radius 1 is 1.50 bits per heavy atom. The Hall–Kier alpha value is -0.450. The van der Waals surface area contributed by atoms with Crippen LogP contribution in [0.25, 0.3) is 0 Å². The molecule has 2 N–H and O–H groups in total. The van der Waals surface area contributed by atoms with Gasteiger partial charge in [0.2, 0.25) is 0 Å². The molecule has 18 heavy (non-hydrogen) atoms. The van der Waals surface area contributed by atoms with E-state index in [-0.39, 0.29) is 11.9 Å². The highest BCUT2D eigenvalue weighted by Gasteiger charge is 2.27. The number of halogens is 2. The van der Waals surface area contributed by atoms with Crippen molar-refractivity contribution in [2.75, 3.05) is 19.6 Å². The molecule has 0 heterocycles. The summed E-state index contributed by atoms with van der Waals surface area (Å²) in [6.07, 6.45) is 2.67. The van der Waals surface area contributed by atoms with Gasteiger partial charge in [-0.2, -0.15) is 0 Å². The highest BCUT2D eigenvalue weighted by molar-refractivity contribution is 9.10. The molecule has 2 nitrogen and oxygen atoms in total. The van der Waals surface area contributed by atoms with E-state index in [9.17, 15) is 4.39 Å². The van der Waals surface area contributed by atoms with Crippen molar-refractivity contribution in [3.05, 3.63) is 34.1 Å².